The summed E-state index contributed by atoms with van der Waals surface area (Å²) in [6.45, 7) is 3.70. The average Bonchev–Trinajstić information content (AvgIpc) is 2.35. The zero-order valence-corrected chi connectivity index (χ0v) is 10.9. The second-order valence-corrected chi connectivity index (χ2v) is 4.54. The number of aliphatic hydroxyl groups is 1. The molecule has 2 atom stereocenters. The van der Waals surface area contributed by atoms with Gasteiger partial charge in [-0.25, -0.2) is 0 Å². The first-order valence-corrected chi connectivity index (χ1v) is 6.13. The van der Waals surface area contributed by atoms with Crippen LogP contribution in [0.4, 0.5) is 0 Å². The highest BCUT2D eigenvalue weighted by Crippen LogP contribution is 2.17. The van der Waals surface area contributed by atoms with Gasteiger partial charge in [0.15, 0.2) is 0 Å². The second kappa shape index (κ2) is 6.62. The Kier molecular flexibility index (Phi) is 5.45. The summed E-state index contributed by atoms with van der Waals surface area (Å²) in [6, 6.07) is 6.73. The van der Waals surface area contributed by atoms with E-state index in [4.69, 9.17) is 11.6 Å². The number of hydrogen-bond acceptors (Lipinski definition) is 2. The molecule has 0 heterocycles. The van der Waals surface area contributed by atoms with Crippen LogP contribution in [0.1, 0.15) is 31.9 Å². The van der Waals surface area contributed by atoms with Gasteiger partial charge in [-0.2, -0.15) is 0 Å². The van der Waals surface area contributed by atoms with E-state index in [1.165, 1.54) is 0 Å². The molecular formula is C13H18ClNO2. The van der Waals surface area contributed by atoms with Crippen LogP contribution in [0, 0.1) is 5.92 Å². The van der Waals surface area contributed by atoms with E-state index in [9.17, 15) is 9.90 Å². The van der Waals surface area contributed by atoms with Crippen LogP contribution in [-0.4, -0.2) is 17.6 Å². The van der Waals surface area contributed by atoms with Gasteiger partial charge in [0.1, 0.15) is 0 Å². The lowest BCUT2D eigenvalue weighted by Crippen LogP contribution is -2.34. The van der Waals surface area contributed by atoms with Crippen molar-refractivity contribution < 1.29 is 9.90 Å². The zero-order chi connectivity index (χ0) is 12.8. The van der Waals surface area contributed by atoms with Crippen molar-refractivity contribution in [1.29, 1.82) is 0 Å². The molecule has 1 aromatic carbocycles. The van der Waals surface area contributed by atoms with Crippen molar-refractivity contribution in [3.63, 3.8) is 0 Å². The Morgan fingerprint density at radius 2 is 2.00 bits per heavy atom. The molecule has 0 aromatic heterocycles. The van der Waals surface area contributed by atoms with Crippen LogP contribution in [0.2, 0.25) is 5.02 Å². The van der Waals surface area contributed by atoms with Crippen molar-refractivity contribution in [3.8, 4) is 0 Å². The molecule has 0 radical (unpaired) electrons. The summed E-state index contributed by atoms with van der Waals surface area (Å²) in [4.78, 5) is 11.7. The topological polar surface area (TPSA) is 49.3 Å². The Bertz CT molecular complexity index is 364. The highest BCUT2D eigenvalue weighted by molar-refractivity contribution is 6.30. The maximum absolute atomic E-state index is 11.7. The lowest BCUT2D eigenvalue weighted by molar-refractivity contribution is -0.125. The van der Waals surface area contributed by atoms with Crippen LogP contribution in [0.5, 0.6) is 0 Å². The lowest BCUT2D eigenvalue weighted by Gasteiger charge is -2.19. The SMILES string of the molecule is CCC(C)C(=O)NC(CO)c1ccc(Cl)cc1. The average molecular weight is 256 g/mol. The molecule has 0 aliphatic heterocycles. The van der Waals surface area contributed by atoms with Gasteiger partial charge >= 0.3 is 0 Å². The van der Waals surface area contributed by atoms with Crippen molar-refractivity contribution >= 4 is 17.5 Å². The maximum atomic E-state index is 11.7. The molecule has 2 N–H and O–H groups in total. The minimum atomic E-state index is -0.367. The molecule has 1 amide bonds. The first kappa shape index (κ1) is 14.0. The summed E-state index contributed by atoms with van der Waals surface area (Å²) in [7, 11) is 0. The van der Waals surface area contributed by atoms with Gasteiger partial charge in [-0.3, -0.25) is 4.79 Å². The van der Waals surface area contributed by atoms with Crippen LogP contribution in [0.3, 0.4) is 0 Å². The number of rotatable bonds is 5. The number of carbonyl (C=O) groups is 1. The number of hydrogen-bond donors (Lipinski definition) is 2. The summed E-state index contributed by atoms with van der Waals surface area (Å²) in [6.07, 6.45) is 0.782. The van der Waals surface area contributed by atoms with Gasteiger partial charge in [0, 0.05) is 10.9 Å². The molecule has 0 saturated carbocycles. The number of benzene rings is 1. The summed E-state index contributed by atoms with van der Waals surface area (Å²) >= 11 is 5.79. The highest BCUT2D eigenvalue weighted by Gasteiger charge is 2.17. The summed E-state index contributed by atoms with van der Waals surface area (Å²) in [5.74, 6) is -0.0853. The fraction of sp³-hybridized carbons (Fsp3) is 0.462. The molecule has 0 fully saturated rings. The highest BCUT2D eigenvalue weighted by atomic mass is 35.5. The molecular weight excluding hydrogens is 238 g/mol. The van der Waals surface area contributed by atoms with E-state index in [1.54, 1.807) is 24.3 Å². The van der Waals surface area contributed by atoms with E-state index in [2.05, 4.69) is 5.32 Å². The summed E-state index contributed by atoms with van der Waals surface area (Å²) in [5.41, 5.74) is 0.855. The van der Waals surface area contributed by atoms with Gasteiger partial charge in [-0.1, -0.05) is 37.6 Å². The number of carbonyl (C=O) groups excluding carboxylic acids is 1. The molecule has 0 bridgehead atoms. The van der Waals surface area contributed by atoms with Gasteiger partial charge < -0.3 is 10.4 Å². The Labute approximate surface area is 107 Å². The molecule has 4 heteroatoms. The minimum Gasteiger partial charge on any atom is -0.394 e. The molecule has 2 unspecified atom stereocenters. The van der Waals surface area contributed by atoms with Crippen LogP contribution >= 0.6 is 11.6 Å². The number of halogens is 1. The quantitative estimate of drug-likeness (QED) is 0.850. The third kappa shape index (κ3) is 4.02. The van der Waals surface area contributed by atoms with E-state index in [1.807, 2.05) is 13.8 Å². The third-order valence-electron chi connectivity index (χ3n) is 2.83. The Hall–Kier alpha value is -1.06. The predicted molar refractivity (Wildman–Crippen MR) is 68.9 cm³/mol. The molecule has 0 aliphatic rings. The maximum Gasteiger partial charge on any atom is 0.223 e. The minimum absolute atomic E-state index is 0.0403. The normalized spacial score (nSPS) is 14.1. The van der Waals surface area contributed by atoms with E-state index in [0.717, 1.165) is 12.0 Å². The fourth-order valence-corrected chi connectivity index (χ4v) is 1.55. The van der Waals surface area contributed by atoms with E-state index >= 15 is 0 Å². The molecule has 0 aliphatic carbocycles. The number of aliphatic hydroxyl groups excluding tert-OH is 1. The standard InChI is InChI=1S/C13H18ClNO2/c1-3-9(2)13(17)15-12(8-16)10-4-6-11(14)7-5-10/h4-7,9,12,16H,3,8H2,1-2H3,(H,15,17). The monoisotopic (exact) mass is 255 g/mol. The predicted octanol–water partition coefficient (Wildman–Crippen LogP) is 2.54. The largest absolute Gasteiger partial charge is 0.394 e. The molecule has 3 nitrogen and oxygen atoms in total. The van der Waals surface area contributed by atoms with Crippen LogP contribution in [0.15, 0.2) is 24.3 Å². The molecule has 94 valence electrons. The van der Waals surface area contributed by atoms with E-state index in [-0.39, 0.29) is 24.5 Å². The molecule has 1 aromatic rings. The Morgan fingerprint density at radius 3 is 2.47 bits per heavy atom. The van der Waals surface area contributed by atoms with Crippen LogP contribution in [-0.2, 0) is 4.79 Å². The first-order valence-electron chi connectivity index (χ1n) is 5.75. The fourth-order valence-electron chi connectivity index (χ4n) is 1.43. The van der Waals surface area contributed by atoms with Crippen molar-refractivity contribution in [3.05, 3.63) is 34.9 Å². The van der Waals surface area contributed by atoms with Gasteiger partial charge in [-0.15, -0.1) is 0 Å². The van der Waals surface area contributed by atoms with Gasteiger partial charge in [0.2, 0.25) is 5.91 Å². The molecule has 1 rings (SSSR count). The van der Waals surface area contributed by atoms with E-state index in [0.29, 0.717) is 5.02 Å². The van der Waals surface area contributed by atoms with Gasteiger partial charge in [0.25, 0.3) is 0 Å². The molecule has 0 spiro atoms. The Balaban J connectivity index is 2.72. The molecule has 0 saturated heterocycles. The summed E-state index contributed by atoms with van der Waals surface area (Å²) < 4.78 is 0. The third-order valence-corrected chi connectivity index (χ3v) is 3.08. The zero-order valence-electron chi connectivity index (χ0n) is 10.1. The van der Waals surface area contributed by atoms with Gasteiger partial charge in [0.05, 0.1) is 12.6 Å². The second-order valence-electron chi connectivity index (χ2n) is 4.10. The first-order chi connectivity index (χ1) is 8.08. The van der Waals surface area contributed by atoms with Gasteiger partial charge in [-0.05, 0) is 24.1 Å². The van der Waals surface area contributed by atoms with Crippen molar-refractivity contribution in [1.82, 2.24) is 5.32 Å². The summed E-state index contributed by atoms with van der Waals surface area (Å²) in [5, 5.41) is 12.8. The van der Waals surface area contributed by atoms with Crippen molar-refractivity contribution in [2.45, 2.75) is 26.3 Å². The number of amides is 1. The Morgan fingerprint density at radius 1 is 1.41 bits per heavy atom. The van der Waals surface area contributed by atoms with Crippen molar-refractivity contribution in [2.24, 2.45) is 5.92 Å². The van der Waals surface area contributed by atoms with Crippen LogP contribution < -0.4 is 5.32 Å². The van der Waals surface area contributed by atoms with E-state index < -0.39 is 0 Å². The smallest absolute Gasteiger partial charge is 0.223 e. The molecule has 17 heavy (non-hydrogen) atoms. The van der Waals surface area contributed by atoms with Crippen molar-refractivity contribution in [2.75, 3.05) is 6.61 Å². The lowest BCUT2D eigenvalue weighted by atomic mass is 10.0. The van der Waals surface area contributed by atoms with Crippen LogP contribution in [0.25, 0.3) is 0 Å². The number of nitrogens with one attached hydrogen (secondary N) is 1.